The van der Waals surface area contributed by atoms with E-state index in [0.717, 1.165) is 12.1 Å². The lowest BCUT2D eigenvalue weighted by Crippen LogP contribution is -2.34. The summed E-state index contributed by atoms with van der Waals surface area (Å²) in [6, 6.07) is 9.83. The summed E-state index contributed by atoms with van der Waals surface area (Å²) in [5.41, 5.74) is 1.77. The summed E-state index contributed by atoms with van der Waals surface area (Å²) in [5.74, 6) is -0.983. The van der Waals surface area contributed by atoms with Crippen molar-refractivity contribution < 1.29 is 9.90 Å². The Kier molecular flexibility index (Phi) is 3.87. The Hall–Kier alpha value is -1.86. The highest BCUT2D eigenvalue weighted by molar-refractivity contribution is 5.71. The number of carbonyl (C=O) groups is 1. The Balaban J connectivity index is 2.14. The Morgan fingerprint density at radius 2 is 2.11 bits per heavy atom. The van der Waals surface area contributed by atoms with Gasteiger partial charge < -0.3 is 5.11 Å². The van der Waals surface area contributed by atoms with Gasteiger partial charge in [0.1, 0.15) is 0 Å². The molecule has 1 aromatic carbocycles. The van der Waals surface area contributed by atoms with E-state index in [9.17, 15) is 4.79 Å². The van der Waals surface area contributed by atoms with Gasteiger partial charge in [-0.1, -0.05) is 12.1 Å². The fraction of sp³-hybridized carbons (Fsp3) is 0.467. The summed E-state index contributed by atoms with van der Waals surface area (Å²) in [6.07, 6.45) is 0.705. The van der Waals surface area contributed by atoms with Gasteiger partial charge in [-0.05, 0) is 44.5 Å². The minimum absolute atomic E-state index is 0.0446. The zero-order chi connectivity index (χ0) is 14.0. The van der Waals surface area contributed by atoms with E-state index in [4.69, 9.17) is 10.4 Å². The molecule has 3 atom stereocenters. The Bertz CT molecular complexity index is 504. The number of hydrogen-bond donors (Lipinski definition) is 1. The number of likely N-dealkylation sites (tertiary alicyclic amines) is 1. The van der Waals surface area contributed by atoms with Crippen LogP contribution in [0.15, 0.2) is 24.3 Å². The van der Waals surface area contributed by atoms with E-state index in [-0.39, 0.29) is 18.0 Å². The van der Waals surface area contributed by atoms with Crippen molar-refractivity contribution >= 4 is 5.97 Å². The van der Waals surface area contributed by atoms with E-state index in [1.165, 1.54) is 0 Å². The lowest BCUT2D eigenvalue weighted by atomic mass is 10.0. The van der Waals surface area contributed by atoms with Gasteiger partial charge in [0.2, 0.25) is 0 Å². The van der Waals surface area contributed by atoms with Gasteiger partial charge in [0, 0.05) is 12.1 Å². The maximum absolute atomic E-state index is 11.1. The molecular weight excluding hydrogens is 240 g/mol. The van der Waals surface area contributed by atoms with Gasteiger partial charge in [-0.2, -0.15) is 5.26 Å². The molecule has 0 bridgehead atoms. The molecule has 1 N–H and O–H groups in total. The van der Waals surface area contributed by atoms with Gasteiger partial charge in [0.05, 0.1) is 17.6 Å². The number of rotatable bonds is 3. The van der Waals surface area contributed by atoms with E-state index in [0.29, 0.717) is 12.0 Å². The van der Waals surface area contributed by atoms with Crippen molar-refractivity contribution in [2.75, 3.05) is 6.54 Å². The number of carboxylic acid groups (broad SMARTS) is 1. The summed E-state index contributed by atoms with van der Waals surface area (Å²) in [5, 5.41) is 18.0. The predicted octanol–water partition coefficient (Wildman–Crippen LogP) is 2.41. The van der Waals surface area contributed by atoms with Gasteiger partial charge in [0.25, 0.3) is 0 Å². The molecule has 0 radical (unpaired) electrons. The molecule has 1 saturated heterocycles. The van der Waals surface area contributed by atoms with Crippen LogP contribution in [0.5, 0.6) is 0 Å². The summed E-state index contributed by atoms with van der Waals surface area (Å²) < 4.78 is 0. The predicted molar refractivity (Wildman–Crippen MR) is 71.5 cm³/mol. The summed E-state index contributed by atoms with van der Waals surface area (Å²) in [4.78, 5) is 13.4. The van der Waals surface area contributed by atoms with Crippen LogP contribution in [-0.4, -0.2) is 28.6 Å². The first-order valence-corrected chi connectivity index (χ1v) is 6.53. The standard InChI is InChI=1S/C15H18N2O2/c1-10(13-5-3-12(9-16)4-6-13)17-8-7-14(11(17)2)15(18)19/h3-6,10-11,14H,7-8H2,1-2H3,(H,18,19). The summed E-state index contributed by atoms with van der Waals surface area (Å²) in [6.45, 7) is 4.87. The van der Waals surface area contributed by atoms with Crippen LogP contribution in [0.25, 0.3) is 0 Å². The van der Waals surface area contributed by atoms with Crippen LogP contribution in [0.3, 0.4) is 0 Å². The maximum Gasteiger partial charge on any atom is 0.308 e. The average molecular weight is 258 g/mol. The molecule has 2 rings (SSSR count). The van der Waals surface area contributed by atoms with Gasteiger partial charge >= 0.3 is 5.97 Å². The third kappa shape index (κ3) is 2.61. The van der Waals surface area contributed by atoms with Crippen LogP contribution in [0, 0.1) is 17.2 Å². The number of benzene rings is 1. The van der Waals surface area contributed by atoms with E-state index in [2.05, 4.69) is 17.9 Å². The fourth-order valence-electron chi connectivity index (χ4n) is 2.87. The Morgan fingerprint density at radius 3 is 2.58 bits per heavy atom. The molecule has 1 aliphatic heterocycles. The summed E-state index contributed by atoms with van der Waals surface area (Å²) in [7, 11) is 0. The number of nitrogens with zero attached hydrogens (tertiary/aromatic N) is 2. The zero-order valence-corrected chi connectivity index (χ0v) is 11.2. The molecule has 0 saturated carbocycles. The minimum Gasteiger partial charge on any atom is -0.481 e. The first-order valence-electron chi connectivity index (χ1n) is 6.53. The largest absolute Gasteiger partial charge is 0.481 e. The SMILES string of the molecule is CC(c1ccc(C#N)cc1)N1CCC(C(=O)O)C1C. The van der Waals surface area contributed by atoms with Crippen LogP contribution < -0.4 is 0 Å². The molecule has 1 aromatic rings. The molecule has 1 aliphatic rings. The number of hydrogen-bond acceptors (Lipinski definition) is 3. The molecule has 3 unspecified atom stereocenters. The molecule has 0 spiro atoms. The van der Waals surface area contributed by atoms with Crippen molar-refractivity contribution in [3.05, 3.63) is 35.4 Å². The molecule has 1 fully saturated rings. The molecule has 0 aliphatic carbocycles. The Labute approximate surface area is 113 Å². The second-order valence-corrected chi connectivity index (χ2v) is 5.12. The molecular formula is C15H18N2O2. The van der Waals surface area contributed by atoms with Crippen LogP contribution in [0.4, 0.5) is 0 Å². The second-order valence-electron chi connectivity index (χ2n) is 5.12. The molecule has 0 aromatic heterocycles. The monoisotopic (exact) mass is 258 g/mol. The lowest BCUT2D eigenvalue weighted by Gasteiger charge is -2.30. The fourth-order valence-corrected chi connectivity index (χ4v) is 2.87. The van der Waals surface area contributed by atoms with Crippen molar-refractivity contribution in [1.82, 2.24) is 4.90 Å². The molecule has 100 valence electrons. The molecule has 4 heteroatoms. The van der Waals surface area contributed by atoms with Crippen LogP contribution in [0.2, 0.25) is 0 Å². The molecule has 4 nitrogen and oxygen atoms in total. The molecule has 0 amide bonds. The van der Waals surface area contributed by atoms with Crippen molar-refractivity contribution in [3.63, 3.8) is 0 Å². The van der Waals surface area contributed by atoms with Crippen molar-refractivity contribution in [2.45, 2.75) is 32.4 Å². The highest BCUT2D eigenvalue weighted by atomic mass is 16.4. The third-order valence-electron chi connectivity index (χ3n) is 4.14. The van der Waals surface area contributed by atoms with Crippen molar-refractivity contribution in [3.8, 4) is 6.07 Å². The first-order chi connectivity index (χ1) is 9.04. The van der Waals surface area contributed by atoms with Gasteiger partial charge in [0.15, 0.2) is 0 Å². The average Bonchev–Trinajstić information content (AvgIpc) is 2.80. The smallest absolute Gasteiger partial charge is 0.308 e. The molecule has 19 heavy (non-hydrogen) atoms. The summed E-state index contributed by atoms with van der Waals surface area (Å²) >= 11 is 0. The van der Waals surface area contributed by atoms with E-state index in [1.807, 2.05) is 19.1 Å². The van der Waals surface area contributed by atoms with Crippen molar-refractivity contribution in [2.24, 2.45) is 5.92 Å². The normalized spacial score (nSPS) is 24.9. The minimum atomic E-state index is -0.706. The quantitative estimate of drug-likeness (QED) is 0.904. The Morgan fingerprint density at radius 1 is 1.47 bits per heavy atom. The first kappa shape index (κ1) is 13.6. The van der Waals surface area contributed by atoms with Gasteiger partial charge in [-0.25, -0.2) is 0 Å². The second kappa shape index (κ2) is 5.41. The lowest BCUT2D eigenvalue weighted by molar-refractivity contribution is -0.142. The van der Waals surface area contributed by atoms with E-state index in [1.54, 1.807) is 12.1 Å². The highest BCUT2D eigenvalue weighted by Crippen LogP contribution is 2.32. The van der Waals surface area contributed by atoms with Crippen LogP contribution in [0.1, 0.15) is 37.4 Å². The highest BCUT2D eigenvalue weighted by Gasteiger charge is 2.37. The van der Waals surface area contributed by atoms with Crippen LogP contribution >= 0.6 is 0 Å². The van der Waals surface area contributed by atoms with Gasteiger partial charge in [-0.3, -0.25) is 9.69 Å². The number of carboxylic acids is 1. The van der Waals surface area contributed by atoms with Crippen LogP contribution in [-0.2, 0) is 4.79 Å². The van der Waals surface area contributed by atoms with Crippen molar-refractivity contribution in [1.29, 1.82) is 5.26 Å². The number of nitriles is 1. The van der Waals surface area contributed by atoms with E-state index >= 15 is 0 Å². The van der Waals surface area contributed by atoms with Gasteiger partial charge in [-0.15, -0.1) is 0 Å². The van der Waals surface area contributed by atoms with E-state index < -0.39 is 5.97 Å². The number of aliphatic carboxylic acids is 1. The maximum atomic E-state index is 11.1. The third-order valence-corrected chi connectivity index (χ3v) is 4.14. The molecule has 1 heterocycles. The zero-order valence-electron chi connectivity index (χ0n) is 11.2. The topological polar surface area (TPSA) is 64.3 Å².